The summed E-state index contributed by atoms with van der Waals surface area (Å²) in [6.07, 6.45) is 1.03. The minimum atomic E-state index is 0.533. The van der Waals surface area contributed by atoms with E-state index in [1.807, 2.05) is 0 Å². The molecule has 0 aliphatic heterocycles. The van der Waals surface area contributed by atoms with E-state index in [2.05, 4.69) is 28.6 Å². The van der Waals surface area contributed by atoms with Gasteiger partial charge in [-0.2, -0.15) is 0 Å². The maximum Gasteiger partial charge on any atom is 0.203 e. The Labute approximate surface area is 84.2 Å². The summed E-state index contributed by atoms with van der Waals surface area (Å²) in [5.41, 5.74) is 6.85. The minimum absolute atomic E-state index is 0.533. The molecule has 2 N–H and O–H groups in total. The molecule has 5 heteroatoms. The molecule has 68 valence electrons. The Balaban J connectivity index is 2.45. The standard InChI is InChI=1S/C8H9N3S2/c1-2-5-3-4-12-6(5)7-10-11-8(9)13-7/h3-4H,2H2,1H3,(H2,9,11). The van der Waals surface area contributed by atoms with Crippen LogP contribution < -0.4 is 5.73 Å². The summed E-state index contributed by atoms with van der Waals surface area (Å²) < 4.78 is 0. The number of anilines is 1. The van der Waals surface area contributed by atoms with E-state index in [1.54, 1.807) is 11.3 Å². The number of hydrogen-bond acceptors (Lipinski definition) is 5. The molecule has 2 rings (SSSR count). The fourth-order valence-corrected chi connectivity index (χ4v) is 2.86. The van der Waals surface area contributed by atoms with Crippen LogP contribution in [0.25, 0.3) is 9.88 Å². The van der Waals surface area contributed by atoms with Crippen LogP contribution in [0, 0.1) is 0 Å². The predicted molar refractivity (Wildman–Crippen MR) is 57.0 cm³/mol. The lowest BCUT2D eigenvalue weighted by atomic mass is 10.2. The van der Waals surface area contributed by atoms with Crippen LogP contribution in [0.2, 0.25) is 0 Å². The molecule has 13 heavy (non-hydrogen) atoms. The number of aromatic nitrogens is 2. The van der Waals surface area contributed by atoms with Gasteiger partial charge >= 0.3 is 0 Å². The zero-order valence-corrected chi connectivity index (χ0v) is 8.78. The van der Waals surface area contributed by atoms with Gasteiger partial charge in [0.05, 0.1) is 4.88 Å². The summed E-state index contributed by atoms with van der Waals surface area (Å²) in [5.74, 6) is 0. The zero-order chi connectivity index (χ0) is 9.26. The Morgan fingerprint density at radius 2 is 2.31 bits per heavy atom. The normalized spacial score (nSPS) is 10.5. The molecule has 0 spiro atoms. The van der Waals surface area contributed by atoms with Crippen molar-refractivity contribution in [1.29, 1.82) is 0 Å². The third kappa shape index (κ3) is 1.57. The van der Waals surface area contributed by atoms with Crippen LogP contribution in [0.3, 0.4) is 0 Å². The van der Waals surface area contributed by atoms with Gasteiger partial charge in [-0.3, -0.25) is 0 Å². The predicted octanol–water partition coefficient (Wildman–Crippen LogP) is 2.41. The van der Waals surface area contributed by atoms with Gasteiger partial charge in [0.15, 0.2) is 5.01 Å². The first-order valence-electron chi connectivity index (χ1n) is 3.97. The van der Waals surface area contributed by atoms with Gasteiger partial charge in [0.1, 0.15) is 0 Å². The average Bonchev–Trinajstić information content (AvgIpc) is 2.71. The molecule has 0 aromatic carbocycles. The molecular weight excluding hydrogens is 202 g/mol. The molecule has 3 nitrogen and oxygen atoms in total. The summed E-state index contributed by atoms with van der Waals surface area (Å²) >= 11 is 3.13. The van der Waals surface area contributed by atoms with E-state index in [0.29, 0.717) is 5.13 Å². The molecule has 0 fully saturated rings. The van der Waals surface area contributed by atoms with E-state index in [4.69, 9.17) is 5.73 Å². The van der Waals surface area contributed by atoms with Gasteiger partial charge in [-0.15, -0.1) is 21.5 Å². The molecule has 2 heterocycles. The van der Waals surface area contributed by atoms with Crippen molar-refractivity contribution in [3.05, 3.63) is 17.0 Å². The molecule has 0 bridgehead atoms. The second-order valence-corrected chi connectivity index (χ2v) is 4.50. The fourth-order valence-electron chi connectivity index (χ4n) is 1.13. The van der Waals surface area contributed by atoms with Gasteiger partial charge in [-0.25, -0.2) is 0 Å². The van der Waals surface area contributed by atoms with Gasteiger partial charge in [-0.05, 0) is 23.4 Å². The summed E-state index contributed by atoms with van der Waals surface area (Å²) in [7, 11) is 0. The highest BCUT2D eigenvalue weighted by Gasteiger charge is 2.09. The van der Waals surface area contributed by atoms with E-state index in [1.165, 1.54) is 21.8 Å². The number of thiophene rings is 1. The van der Waals surface area contributed by atoms with Crippen molar-refractivity contribution in [2.75, 3.05) is 5.73 Å². The highest BCUT2D eigenvalue weighted by molar-refractivity contribution is 7.22. The first kappa shape index (κ1) is 8.65. The lowest BCUT2D eigenvalue weighted by Crippen LogP contribution is -1.80. The maximum atomic E-state index is 5.53. The largest absolute Gasteiger partial charge is 0.374 e. The van der Waals surface area contributed by atoms with Crippen LogP contribution in [0.5, 0.6) is 0 Å². The summed E-state index contributed by atoms with van der Waals surface area (Å²) in [4.78, 5) is 1.21. The molecular formula is C8H9N3S2. The Morgan fingerprint density at radius 1 is 1.46 bits per heavy atom. The highest BCUT2D eigenvalue weighted by Crippen LogP contribution is 2.32. The molecule has 0 radical (unpaired) electrons. The van der Waals surface area contributed by atoms with E-state index < -0.39 is 0 Å². The monoisotopic (exact) mass is 211 g/mol. The number of nitrogens with zero attached hydrogens (tertiary/aromatic N) is 2. The number of nitrogen functional groups attached to an aromatic ring is 1. The van der Waals surface area contributed by atoms with Gasteiger partial charge in [0, 0.05) is 0 Å². The number of hydrogen-bond donors (Lipinski definition) is 1. The lowest BCUT2D eigenvalue weighted by Gasteiger charge is -1.93. The topological polar surface area (TPSA) is 51.8 Å². The van der Waals surface area contributed by atoms with Crippen molar-refractivity contribution in [2.24, 2.45) is 0 Å². The number of nitrogens with two attached hydrogens (primary N) is 1. The third-order valence-corrected chi connectivity index (χ3v) is 3.63. The van der Waals surface area contributed by atoms with Gasteiger partial charge in [-0.1, -0.05) is 18.3 Å². The van der Waals surface area contributed by atoms with Crippen LogP contribution in [-0.4, -0.2) is 10.2 Å². The van der Waals surface area contributed by atoms with Crippen LogP contribution >= 0.6 is 22.7 Å². The Kier molecular flexibility index (Phi) is 2.28. The second-order valence-electron chi connectivity index (χ2n) is 2.57. The SMILES string of the molecule is CCc1ccsc1-c1nnc(N)s1. The zero-order valence-electron chi connectivity index (χ0n) is 7.15. The Hall–Kier alpha value is -0.940. The molecule has 0 amide bonds. The summed E-state index contributed by atoms with van der Waals surface area (Å²) in [5, 5.41) is 11.4. The second kappa shape index (κ2) is 3.43. The van der Waals surface area contributed by atoms with Crippen molar-refractivity contribution < 1.29 is 0 Å². The lowest BCUT2D eigenvalue weighted by molar-refractivity contribution is 1.10. The van der Waals surface area contributed by atoms with E-state index in [9.17, 15) is 0 Å². The first-order valence-corrected chi connectivity index (χ1v) is 5.66. The van der Waals surface area contributed by atoms with Crippen LogP contribution in [-0.2, 0) is 6.42 Å². The molecule has 0 atom stereocenters. The van der Waals surface area contributed by atoms with Crippen LogP contribution in [0.4, 0.5) is 5.13 Å². The molecule has 2 aromatic heterocycles. The van der Waals surface area contributed by atoms with Crippen molar-refractivity contribution in [3.63, 3.8) is 0 Å². The van der Waals surface area contributed by atoms with Crippen LogP contribution in [0.1, 0.15) is 12.5 Å². The van der Waals surface area contributed by atoms with Crippen molar-refractivity contribution in [2.45, 2.75) is 13.3 Å². The van der Waals surface area contributed by atoms with E-state index >= 15 is 0 Å². The van der Waals surface area contributed by atoms with Crippen molar-refractivity contribution in [3.8, 4) is 9.88 Å². The summed E-state index contributed by atoms with van der Waals surface area (Å²) in [6, 6.07) is 2.12. The minimum Gasteiger partial charge on any atom is -0.374 e. The molecule has 0 saturated carbocycles. The van der Waals surface area contributed by atoms with Gasteiger partial charge < -0.3 is 5.73 Å². The number of aryl methyl sites for hydroxylation is 1. The van der Waals surface area contributed by atoms with E-state index in [-0.39, 0.29) is 0 Å². The molecule has 0 aliphatic rings. The maximum absolute atomic E-state index is 5.53. The smallest absolute Gasteiger partial charge is 0.203 e. The first-order chi connectivity index (χ1) is 6.31. The fraction of sp³-hybridized carbons (Fsp3) is 0.250. The van der Waals surface area contributed by atoms with E-state index in [0.717, 1.165) is 11.4 Å². The van der Waals surface area contributed by atoms with Crippen molar-refractivity contribution in [1.82, 2.24) is 10.2 Å². The van der Waals surface area contributed by atoms with Crippen molar-refractivity contribution >= 4 is 27.8 Å². The van der Waals surface area contributed by atoms with Crippen LogP contribution in [0.15, 0.2) is 11.4 Å². The Morgan fingerprint density at radius 3 is 2.92 bits per heavy atom. The average molecular weight is 211 g/mol. The molecule has 2 aromatic rings. The van der Waals surface area contributed by atoms with Gasteiger partial charge in [0.2, 0.25) is 5.13 Å². The molecule has 0 saturated heterocycles. The molecule has 0 aliphatic carbocycles. The highest BCUT2D eigenvalue weighted by atomic mass is 32.1. The molecule has 0 unspecified atom stereocenters. The quantitative estimate of drug-likeness (QED) is 0.830. The third-order valence-electron chi connectivity index (χ3n) is 1.76. The summed E-state index contributed by atoms with van der Waals surface area (Å²) in [6.45, 7) is 2.13. The number of rotatable bonds is 2. The Bertz CT molecular complexity index is 405. The van der Waals surface area contributed by atoms with Gasteiger partial charge in [0.25, 0.3) is 0 Å².